The number of hydrogen-bond acceptors (Lipinski definition) is 9. The number of carbonyl (C=O) groups is 2. The van der Waals surface area contributed by atoms with Gasteiger partial charge < -0.3 is 28.9 Å². The zero-order chi connectivity index (χ0) is 42.0. The van der Waals surface area contributed by atoms with Gasteiger partial charge in [-0.25, -0.2) is 24.1 Å². The van der Waals surface area contributed by atoms with E-state index >= 15 is 0 Å². The summed E-state index contributed by atoms with van der Waals surface area (Å²) in [6, 6.07) is 24.3. The van der Waals surface area contributed by atoms with E-state index in [4.69, 9.17) is 14.2 Å². The third-order valence-corrected chi connectivity index (χ3v) is 11.0. The molecule has 2 aromatic heterocycles. The van der Waals surface area contributed by atoms with Gasteiger partial charge in [0.25, 0.3) is 0 Å². The van der Waals surface area contributed by atoms with Crippen molar-refractivity contribution in [2.75, 3.05) is 60.5 Å². The molecule has 0 atom stereocenters. The van der Waals surface area contributed by atoms with E-state index in [0.29, 0.717) is 17.5 Å². The van der Waals surface area contributed by atoms with E-state index in [9.17, 15) is 9.59 Å². The normalized spacial score (nSPS) is 14.9. The van der Waals surface area contributed by atoms with Crippen molar-refractivity contribution in [2.24, 2.45) is 5.92 Å². The number of rotatable bonds is 11. The molecule has 2 saturated heterocycles. The number of amides is 1. The second kappa shape index (κ2) is 23.2. The van der Waals surface area contributed by atoms with Gasteiger partial charge in [-0.05, 0) is 107 Å². The molecule has 3 aromatic carbocycles. The largest absolute Gasteiger partial charge is 0.497 e. The molecular formula is C47H63N7O5. The molecule has 7 rings (SSSR count). The molecule has 5 aromatic rings. The highest BCUT2D eigenvalue weighted by Gasteiger charge is 2.26. The molecule has 0 unspecified atom stereocenters. The highest BCUT2D eigenvalue weighted by molar-refractivity contribution is 5.78. The third kappa shape index (κ3) is 13.3. The number of nitrogens with zero attached hydrogens (tertiary/aromatic N) is 7. The van der Waals surface area contributed by atoms with Crippen LogP contribution in [0, 0.1) is 5.92 Å². The average Bonchev–Trinajstić information content (AvgIpc) is 4.00. The number of benzene rings is 3. The van der Waals surface area contributed by atoms with Crippen molar-refractivity contribution in [3.05, 3.63) is 104 Å². The summed E-state index contributed by atoms with van der Waals surface area (Å²) in [6.45, 7) is 14.1. The summed E-state index contributed by atoms with van der Waals surface area (Å²) in [5, 5.41) is 0. The molecule has 12 heteroatoms. The monoisotopic (exact) mass is 805 g/mol. The van der Waals surface area contributed by atoms with E-state index in [2.05, 4.69) is 40.5 Å². The summed E-state index contributed by atoms with van der Waals surface area (Å²) in [5.41, 5.74) is 3.24. The number of likely N-dealkylation sites (tertiary alicyclic amines) is 2. The fourth-order valence-corrected chi connectivity index (χ4v) is 7.47. The number of para-hydroxylation sites is 1. The Labute approximate surface area is 350 Å². The number of imidazole rings is 2. The van der Waals surface area contributed by atoms with E-state index < -0.39 is 6.09 Å². The van der Waals surface area contributed by atoms with Crippen LogP contribution in [-0.4, -0.2) is 113 Å². The number of piperidine rings is 2. The Morgan fingerprint density at radius 1 is 0.661 bits per heavy atom. The van der Waals surface area contributed by atoms with E-state index in [-0.39, 0.29) is 6.03 Å². The van der Waals surface area contributed by atoms with Gasteiger partial charge in [-0.1, -0.05) is 69.7 Å². The van der Waals surface area contributed by atoms with Crippen LogP contribution in [-0.2, 0) is 0 Å². The average molecular weight is 806 g/mol. The van der Waals surface area contributed by atoms with Crippen LogP contribution in [0.3, 0.4) is 0 Å². The van der Waals surface area contributed by atoms with Crippen LogP contribution in [0.2, 0.25) is 0 Å². The van der Waals surface area contributed by atoms with Gasteiger partial charge in [-0.3, -0.25) is 4.57 Å². The van der Waals surface area contributed by atoms with Gasteiger partial charge >= 0.3 is 12.1 Å². The molecule has 0 radical (unpaired) electrons. The first-order valence-electron chi connectivity index (χ1n) is 21.1. The summed E-state index contributed by atoms with van der Waals surface area (Å²) in [6.07, 6.45) is 14.8. The van der Waals surface area contributed by atoms with E-state index in [1.54, 1.807) is 61.8 Å². The van der Waals surface area contributed by atoms with Crippen molar-refractivity contribution < 1.29 is 23.8 Å². The number of hydrogen-bond donors (Lipinski definition) is 0. The van der Waals surface area contributed by atoms with Gasteiger partial charge in [0.2, 0.25) is 0 Å². The standard InChI is InChI=1S/C20H28N4O2.C17H14N2O3.C10H21N/c1-4-10-23-11-8-17(9-12-23)22(2)20(25)24-14-19(21-15-24)16-6-5-7-18(13-16)26-3;1-21-15-9-5-6-13(10-15)16-11-19(12-18-16)17(20)22-14-7-3-2-4-8-14;1-3-7-11-8-5-10(4-2)6-9-11/h5-7,13-15,17H,4,8-12H2,1-3H3;2-12H,1H3;10H,3-9H2,1-2H3. The van der Waals surface area contributed by atoms with Gasteiger partial charge in [0.1, 0.15) is 29.9 Å². The van der Waals surface area contributed by atoms with Crippen molar-refractivity contribution in [1.29, 1.82) is 0 Å². The van der Waals surface area contributed by atoms with Gasteiger partial charge in [0, 0.05) is 49.7 Å². The zero-order valence-corrected chi connectivity index (χ0v) is 35.8. The summed E-state index contributed by atoms with van der Waals surface area (Å²) >= 11 is 0. The number of aromatic nitrogens is 4. The molecule has 0 N–H and O–H groups in total. The lowest BCUT2D eigenvalue weighted by atomic mass is 9.94. The summed E-state index contributed by atoms with van der Waals surface area (Å²) in [4.78, 5) is 40.5. The Bertz CT molecular complexity index is 2000. The van der Waals surface area contributed by atoms with Gasteiger partial charge in [0.15, 0.2) is 0 Å². The summed E-state index contributed by atoms with van der Waals surface area (Å²) in [5.74, 6) is 3.03. The molecule has 0 saturated carbocycles. The Balaban J connectivity index is 0.000000181. The molecule has 2 fully saturated rings. The molecule has 12 nitrogen and oxygen atoms in total. The molecule has 2 aliphatic heterocycles. The molecule has 1 amide bonds. The van der Waals surface area contributed by atoms with Crippen LogP contribution in [0.4, 0.5) is 9.59 Å². The number of ether oxygens (including phenoxy) is 3. The van der Waals surface area contributed by atoms with E-state index in [0.717, 1.165) is 66.7 Å². The Hall–Kier alpha value is -5.46. The first kappa shape index (κ1) is 44.6. The zero-order valence-electron chi connectivity index (χ0n) is 35.8. The van der Waals surface area contributed by atoms with Crippen LogP contribution in [0.5, 0.6) is 17.2 Å². The van der Waals surface area contributed by atoms with Gasteiger partial charge in [0.05, 0.1) is 25.6 Å². The number of methoxy groups -OCH3 is 2. The van der Waals surface area contributed by atoms with Crippen molar-refractivity contribution in [1.82, 2.24) is 33.8 Å². The molecule has 59 heavy (non-hydrogen) atoms. The van der Waals surface area contributed by atoms with Crippen molar-refractivity contribution in [2.45, 2.75) is 71.8 Å². The summed E-state index contributed by atoms with van der Waals surface area (Å²) < 4.78 is 18.6. The quantitative estimate of drug-likeness (QED) is 0.129. The third-order valence-electron chi connectivity index (χ3n) is 11.0. The molecule has 0 aliphatic carbocycles. The molecule has 4 heterocycles. The molecule has 2 aliphatic rings. The maximum Gasteiger partial charge on any atom is 0.424 e. The highest BCUT2D eigenvalue weighted by atomic mass is 16.6. The lowest BCUT2D eigenvalue weighted by Gasteiger charge is -2.36. The minimum Gasteiger partial charge on any atom is -0.497 e. The van der Waals surface area contributed by atoms with Crippen LogP contribution in [0.15, 0.2) is 104 Å². The second-order valence-electron chi connectivity index (χ2n) is 15.1. The first-order chi connectivity index (χ1) is 28.7. The second-order valence-corrected chi connectivity index (χ2v) is 15.1. The van der Waals surface area contributed by atoms with Crippen LogP contribution in [0.25, 0.3) is 22.5 Å². The van der Waals surface area contributed by atoms with Crippen LogP contribution in [0.1, 0.15) is 65.7 Å². The Morgan fingerprint density at radius 2 is 1.15 bits per heavy atom. The smallest absolute Gasteiger partial charge is 0.424 e. The fourth-order valence-electron chi connectivity index (χ4n) is 7.47. The topological polar surface area (TPSA) is 107 Å². The summed E-state index contributed by atoms with van der Waals surface area (Å²) in [7, 11) is 5.14. The Kier molecular flexibility index (Phi) is 17.6. The Morgan fingerprint density at radius 3 is 1.66 bits per heavy atom. The minimum absolute atomic E-state index is 0.0272. The minimum atomic E-state index is -0.507. The maximum atomic E-state index is 12.8. The lowest BCUT2D eigenvalue weighted by Crippen LogP contribution is -2.46. The number of carbonyl (C=O) groups excluding carboxylic acids is 2. The molecule has 0 bridgehead atoms. The van der Waals surface area contributed by atoms with Crippen LogP contribution >= 0.6 is 0 Å². The maximum absolute atomic E-state index is 12.8. The molecule has 0 spiro atoms. The van der Waals surface area contributed by atoms with Crippen molar-refractivity contribution in [3.63, 3.8) is 0 Å². The SMILES string of the molecule is CCCN1CCC(CC)CC1.CCCN1CCC(N(C)C(=O)n2cnc(-c3cccc(OC)c3)c2)CC1.COc1cccc(-c2cn(C(=O)Oc3ccccc3)cn2)c1. The van der Waals surface area contributed by atoms with Crippen molar-refractivity contribution >= 4 is 12.1 Å². The van der Waals surface area contributed by atoms with Gasteiger partial charge in [-0.15, -0.1) is 0 Å². The van der Waals surface area contributed by atoms with E-state index in [1.165, 1.54) is 62.6 Å². The van der Waals surface area contributed by atoms with Crippen molar-refractivity contribution in [3.8, 4) is 39.8 Å². The molecular weight excluding hydrogens is 743 g/mol. The van der Waals surface area contributed by atoms with Crippen LogP contribution < -0.4 is 14.2 Å². The fraction of sp³-hybridized carbons (Fsp3) is 0.447. The predicted octanol–water partition coefficient (Wildman–Crippen LogP) is 9.46. The first-order valence-corrected chi connectivity index (χ1v) is 21.1. The lowest BCUT2D eigenvalue weighted by molar-refractivity contribution is 0.135. The van der Waals surface area contributed by atoms with E-state index in [1.807, 2.05) is 66.5 Å². The molecule has 316 valence electrons. The van der Waals surface area contributed by atoms with Gasteiger partial charge in [-0.2, -0.15) is 0 Å². The predicted molar refractivity (Wildman–Crippen MR) is 234 cm³/mol. The highest BCUT2D eigenvalue weighted by Crippen LogP contribution is 2.25.